The van der Waals surface area contributed by atoms with Gasteiger partial charge in [-0.1, -0.05) is 39.6 Å². The van der Waals surface area contributed by atoms with Crippen LogP contribution in [0.15, 0.2) is 30.3 Å². The van der Waals surface area contributed by atoms with Gasteiger partial charge in [0.1, 0.15) is 5.34 Å². The molecule has 0 amide bonds. The molecule has 16 heavy (non-hydrogen) atoms. The highest BCUT2D eigenvalue weighted by Gasteiger charge is 2.53. The highest BCUT2D eigenvalue weighted by molar-refractivity contribution is 7.18. The van der Waals surface area contributed by atoms with Gasteiger partial charge in [-0.15, -0.1) is 0 Å². The van der Waals surface area contributed by atoms with E-state index in [9.17, 15) is 0 Å². The minimum Gasteiger partial charge on any atom is -0.407 e. The molecular weight excluding hydrogens is 216 g/mol. The zero-order valence-corrected chi connectivity index (χ0v) is 10.8. The first kappa shape index (κ1) is 10.8. The molecule has 0 N–H and O–H groups in total. The zero-order valence-electron chi connectivity index (χ0n) is 9.60. The minimum atomic E-state index is -0.197. The van der Waals surface area contributed by atoms with Crippen molar-refractivity contribution in [3.8, 4) is 0 Å². The molecule has 2 fully saturated rings. The van der Waals surface area contributed by atoms with Crippen LogP contribution in [0.1, 0.15) is 18.4 Å². The molecular formula is C12H17BNOP. The van der Waals surface area contributed by atoms with Gasteiger partial charge >= 0.3 is 7.05 Å². The number of hydrogen-bond donors (Lipinski definition) is 0. The second-order valence-corrected chi connectivity index (χ2v) is 5.63. The largest absolute Gasteiger partial charge is 0.407 e. The Labute approximate surface area is 99.7 Å². The van der Waals surface area contributed by atoms with E-state index in [1.54, 1.807) is 0 Å². The van der Waals surface area contributed by atoms with Gasteiger partial charge in [-0.25, -0.2) is 0 Å². The van der Waals surface area contributed by atoms with Crippen LogP contribution in [0, 0.1) is 0 Å². The number of fused-ring (bicyclic) bond motifs is 1. The van der Waals surface area contributed by atoms with Gasteiger partial charge in [0.05, 0.1) is 0 Å². The summed E-state index contributed by atoms with van der Waals surface area (Å²) in [5, 5.41) is -0.197. The van der Waals surface area contributed by atoms with Gasteiger partial charge in [-0.3, -0.25) is 0 Å². The number of hydrogen-bond acceptors (Lipinski definition) is 2. The van der Waals surface area contributed by atoms with Crippen LogP contribution in [-0.2, 0) is 10.00 Å². The molecule has 2 saturated heterocycles. The fourth-order valence-corrected chi connectivity index (χ4v) is 3.82. The van der Waals surface area contributed by atoms with E-state index in [2.05, 4.69) is 51.2 Å². The van der Waals surface area contributed by atoms with Crippen LogP contribution in [0.2, 0.25) is 6.82 Å². The third-order valence-corrected chi connectivity index (χ3v) is 4.70. The fraction of sp³-hybridized carbons (Fsp3) is 0.500. The highest BCUT2D eigenvalue weighted by atomic mass is 31.0. The van der Waals surface area contributed by atoms with E-state index in [0.29, 0.717) is 6.04 Å². The van der Waals surface area contributed by atoms with Gasteiger partial charge in [0, 0.05) is 6.04 Å². The molecule has 0 saturated carbocycles. The average molecular weight is 233 g/mol. The topological polar surface area (TPSA) is 12.5 Å². The molecule has 2 aliphatic rings. The summed E-state index contributed by atoms with van der Waals surface area (Å²) in [6.07, 6.45) is 2.53. The van der Waals surface area contributed by atoms with Crippen molar-refractivity contribution in [2.75, 3.05) is 6.54 Å². The van der Waals surface area contributed by atoms with Crippen LogP contribution >= 0.6 is 9.24 Å². The Balaban J connectivity index is 1.99. The molecule has 1 unspecified atom stereocenters. The van der Waals surface area contributed by atoms with Gasteiger partial charge in [0.2, 0.25) is 0 Å². The quantitative estimate of drug-likeness (QED) is 0.545. The standard InChI is InChI=1S/C12H17BNOP/c1-13-14-9-5-8-11(14)12(16,15-13)10-6-3-2-4-7-10/h2-4,6-7,11H,5,8-9,16H2,1H3/t11-,12+/m1/s1. The van der Waals surface area contributed by atoms with E-state index in [0.717, 1.165) is 0 Å². The smallest absolute Gasteiger partial charge is 0.380 e. The Kier molecular flexibility index (Phi) is 2.58. The van der Waals surface area contributed by atoms with Crippen molar-refractivity contribution in [2.24, 2.45) is 0 Å². The number of nitrogens with zero attached hydrogens (tertiary/aromatic N) is 1. The van der Waals surface area contributed by atoms with Crippen molar-refractivity contribution in [2.45, 2.75) is 31.0 Å². The van der Waals surface area contributed by atoms with Gasteiger partial charge in [0.15, 0.2) is 0 Å². The lowest BCUT2D eigenvalue weighted by atomic mass is 9.86. The summed E-state index contributed by atoms with van der Waals surface area (Å²) in [5.41, 5.74) is 1.28. The number of benzene rings is 1. The molecule has 0 spiro atoms. The predicted molar refractivity (Wildman–Crippen MR) is 70.3 cm³/mol. The van der Waals surface area contributed by atoms with Crippen molar-refractivity contribution in [1.82, 2.24) is 4.81 Å². The van der Waals surface area contributed by atoms with Crippen molar-refractivity contribution in [3.05, 3.63) is 35.9 Å². The lowest BCUT2D eigenvalue weighted by molar-refractivity contribution is 0.163. The Morgan fingerprint density at radius 1 is 1.44 bits per heavy atom. The summed E-state index contributed by atoms with van der Waals surface area (Å²) in [6, 6.07) is 11.1. The van der Waals surface area contributed by atoms with Crippen LogP contribution in [0.25, 0.3) is 0 Å². The Bertz CT molecular complexity index is 388. The average Bonchev–Trinajstić information content (AvgIpc) is 2.86. The van der Waals surface area contributed by atoms with Crippen molar-refractivity contribution >= 4 is 16.3 Å². The van der Waals surface area contributed by atoms with Gasteiger partial charge in [-0.05, 0) is 31.8 Å². The summed E-state index contributed by atoms with van der Waals surface area (Å²) < 4.78 is 6.19. The minimum absolute atomic E-state index is 0.197. The summed E-state index contributed by atoms with van der Waals surface area (Å²) >= 11 is 0. The first-order valence-electron chi connectivity index (χ1n) is 6.00. The van der Waals surface area contributed by atoms with Crippen LogP contribution in [0.5, 0.6) is 0 Å². The lowest BCUT2D eigenvalue weighted by Crippen LogP contribution is -2.36. The van der Waals surface area contributed by atoms with Crippen LogP contribution in [0.4, 0.5) is 0 Å². The van der Waals surface area contributed by atoms with Crippen molar-refractivity contribution in [3.63, 3.8) is 0 Å². The van der Waals surface area contributed by atoms with Crippen molar-refractivity contribution in [1.29, 1.82) is 0 Å². The molecule has 0 aliphatic carbocycles. The summed E-state index contributed by atoms with van der Waals surface area (Å²) in [6.45, 7) is 3.34. The van der Waals surface area contributed by atoms with Crippen molar-refractivity contribution < 1.29 is 4.65 Å². The van der Waals surface area contributed by atoms with Crippen LogP contribution < -0.4 is 0 Å². The lowest BCUT2D eigenvalue weighted by Gasteiger charge is -2.31. The van der Waals surface area contributed by atoms with Gasteiger partial charge in [-0.2, -0.15) is 0 Å². The summed E-state index contributed by atoms with van der Waals surface area (Å²) in [4.78, 5) is 2.49. The predicted octanol–water partition coefficient (Wildman–Crippen LogP) is 2.33. The molecule has 1 aromatic rings. The Morgan fingerprint density at radius 3 is 2.94 bits per heavy atom. The molecule has 2 heterocycles. The van der Waals surface area contributed by atoms with E-state index in [1.165, 1.54) is 24.9 Å². The molecule has 1 aromatic carbocycles. The maximum Gasteiger partial charge on any atom is 0.380 e. The van der Waals surface area contributed by atoms with Gasteiger partial charge < -0.3 is 9.47 Å². The second-order valence-electron chi connectivity index (χ2n) is 4.77. The van der Waals surface area contributed by atoms with E-state index in [-0.39, 0.29) is 12.4 Å². The monoisotopic (exact) mass is 233 g/mol. The second kappa shape index (κ2) is 3.84. The summed E-state index contributed by atoms with van der Waals surface area (Å²) in [7, 11) is 3.19. The highest BCUT2D eigenvalue weighted by Crippen LogP contribution is 2.48. The third-order valence-electron chi connectivity index (χ3n) is 3.85. The van der Waals surface area contributed by atoms with Crippen LogP contribution in [-0.4, -0.2) is 24.4 Å². The van der Waals surface area contributed by atoms with E-state index in [4.69, 9.17) is 4.65 Å². The first-order valence-corrected chi connectivity index (χ1v) is 6.57. The summed E-state index contributed by atoms with van der Waals surface area (Å²) in [5.74, 6) is 0. The molecule has 0 radical (unpaired) electrons. The van der Waals surface area contributed by atoms with E-state index >= 15 is 0 Å². The van der Waals surface area contributed by atoms with Crippen LogP contribution in [0.3, 0.4) is 0 Å². The van der Waals surface area contributed by atoms with E-state index < -0.39 is 0 Å². The third kappa shape index (κ3) is 1.46. The molecule has 3 rings (SSSR count). The Morgan fingerprint density at radius 2 is 2.19 bits per heavy atom. The molecule has 4 heteroatoms. The molecule has 0 bridgehead atoms. The maximum absolute atomic E-state index is 6.19. The molecule has 84 valence electrons. The van der Waals surface area contributed by atoms with E-state index in [1.807, 2.05) is 0 Å². The first-order chi connectivity index (χ1) is 7.72. The molecule has 3 atom stereocenters. The zero-order chi connectivity index (χ0) is 11.2. The maximum atomic E-state index is 6.19. The SMILES string of the molecule is CB1O[C@](P)(c2ccccc2)[C@H]2CCCN12. The number of rotatable bonds is 1. The molecule has 2 aliphatic heterocycles. The fourth-order valence-electron chi connectivity index (χ4n) is 3.07. The Hall–Kier alpha value is -0.365. The normalized spacial score (nSPS) is 34.4. The molecule has 0 aromatic heterocycles. The van der Waals surface area contributed by atoms with Gasteiger partial charge in [0.25, 0.3) is 0 Å². The molecule has 2 nitrogen and oxygen atoms in total.